The predicted octanol–water partition coefficient (Wildman–Crippen LogP) is 3.93. The van der Waals surface area contributed by atoms with Crippen LogP contribution in [0.2, 0.25) is 0 Å². The molecule has 0 amide bonds. The van der Waals surface area contributed by atoms with E-state index < -0.39 is 0 Å². The highest BCUT2D eigenvalue weighted by atomic mass is 16.6. The zero-order chi connectivity index (χ0) is 13.5. The number of hydrogen-bond acceptors (Lipinski definition) is 2. The van der Waals surface area contributed by atoms with Crippen molar-refractivity contribution in [2.24, 2.45) is 28.6 Å². The van der Waals surface area contributed by atoms with Gasteiger partial charge >= 0.3 is 5.97 Å². The Balaban J connectivity index is 1.71. The third-order valence-electron chi connectivity index (χ3n) is 7.58. The maximum atomic E-state index is 11.7. The Bertz CT molecular complexity index is 435. The smallest absolute Gasteiger partial charge is 0.303 e. The normalized spacial score (nSPS) is 49.3. The second kappa shape index (κ2) is 3.38. The molecule has 5 atom stereocenters. The Morgan fingerprint density at radius 3 is 2.53 bits per heavy atom. The molecule has 4 aliphatic carbocycles. The number of esters is 1. The molecule has 19 heavy (non-hydrogen) atoms. The summed E-state index contributed by atoms with van der Waals surface area (Å²) < 4.78 is 5.99. The van der Waals surface area contributed by atoms with Crippen molar-refractivity contribution >= 4 is 5.97 Å². The fraction of sp³-hybridized carbons (Fsp3) is 0.941. The van der Waals surface area contributed by atoms with Gasteiger partial charge in [0, 0.05) is 12.3 Å². The van der Waals surface area contributed by atoms with E-state index in [1.54, 1.807) is 6.92 Å². The molecular weight excluding hydrogens is 236 g/mol. The zero-order valence-electron chi connectivity index (χ0n) is 12.5. The molecule has 4 rings (SSSR count). The molecule has 0 aromatic heterocycles. The van der Waals surface area contributed by atoms with Crippen LogP contribution in [0.5, 0.6) is 0 Å². The van der Waals surface area contributed by atoms with Crippen molar-refractivity contribution in [3.05, 3.63) is 0 Å². The van der Waals surface area contributed by atoms with Gasteiger partial charge in [-0.15, -0.1) is 0 Å². The minimum atomic E-state index is -0.176. The van der Waals surface area contributed by atoms with Gasteiger partial charge < -0.3 is 4.74 Å². The molecule has 0 radical (unpaired) electrons. The van der Waals surface area contributed by atoms with Crippen molar-refractivity contribution in [3.8, 4) is 0 Å². The Hall–Kier alpha value is -0.530. The molecule has 0 heterocycles. The van der Waals surface area contributed by atoms with Gasteiger partial charge in [-0.2, -0.15) is 0 Å². The minimum absolute atomic E-state index is 0.0787. The molecule has 0 aliphatic heterocycles. The zero-order valence-corrected chi connectivity index (χ0v) is 12.5. The van der Waals surface area contributed by atoms with E-state index in [0.29, 0.717) is 5.41 Å². The molecule has 4 fully saturated rings. The average molecular weight is 262 g/mol. The largest absolute Gasteiger partial charge is 0.459 e. The Morgan fingerprint density at radius 2 is 1.89 bits per heavy atom. The third-order valence-corrected chi connectivity index (χ3v) is 7.58. The number of carbonyl (C=O) groups is 1. The van der Waals surface area contributed by atoms with Crippen LogP contribution in [0.25, 0.3) is 0 Å². The maximum absolute atomic E-state index is 11.7. The molecule has 0 N–H and O–H groups in total. The monoisotopic (exact) mass is 262 g/mol. The lowest BCUT2D eigenvalue weighted by Crippen LogP contribution is -2.51. The van der Waals surface area contributed by atoms with E-state index >= 15 is 0 Å². The van der Waals surface area contributed by atoms with Crippen LogP contribution in [0.15, 0.2) is 0 Å². The van der Waals surface area contributed by atoms with Crippen molar-refractivity contribution in [1.29, 1.82) is 0 Å². The van der Waals surface area contributed by atoms with Crippen LogP contribution in [0.1, 0.15) is 65.7 Å². The molecule has 5 unspecified atom stereocenters. The van der Waals surface area contributed by atoms with Crippen LogP contribution in [0.4, 0.5) is 0 Å². The highest BCUT2D eigenvalue weighted by molar-refractivity contribution is 5.66. The van der Waals surface area contributed by atoms with Gasteiger partial charge in [0.05, 0.1) is 0 Å². The van der Waals surface area contributed by atoms with Gasteiger partial charge in [0.1, 0.15) is 5.60 Å². The summed E-state index contributed by atoms with van der Waals surface area (Å²) in [6.45, 7) is 6.02. The number of ether oxygens (including phenoxy) is 1. The lowest BCUT2D eigenvalue weighted by Gasteiger charge is -2.50. The standard InChI is InChI=1S/C17H26O2/c1-4-17(5-2,19-11(3)18)15-6-12-7-16(14(12)10-15)9-13(16)8-15/h12-14H,4-10H2,1-3H3. The summed E-state index contributed by atoms with van der Waals surface area (Å²) in [7, 11) is 0. The van der Waals surface area contributed by atoms with Crippen LogP contribution >= 0.6 is 0 Å². The summed E-state index contributed by atoms with van der Waals surface area (Å²) in [5.74, 6) is 2.84. The summed E-state index contributed by atoms with van der Waals surface area (Å²) in [4.78, 5) is 11.7. The van der Waals surface area contributed by atoms with E-state index in [0.717, 1.165) is 36.0 Å². The molecule has 0 saturated heterocycles. The summed E-state index contributed by atoms with van der Waals surface area (Å²) in [6, 6.07) is 0. The first kappa shape index (κ1) is 12.2. The van der Waals surface area contributed by atoms with E-state index in [2.05, 4.69) is 13.8 Å². The summed E-state index contributed by atoms with van der Waals surface area (Å²) in [5.41, 5.74) is 0.928. The van der Waals surface area contributed by atoms with Gasteiger partial charge in [-0.05, 0) is 68.1 Å². The van der Waals surface area contributed by atoms with Gasteiger partial charge in [0.25, 0.3) is 0 Å². The summed E-state index contributed by atoms with van der Waals surface area (Å²) >= 11 is 0. The molecular formula is C17H26O2. The lowest BCUT2D eigenvalue weighted by atomic mass is 9.58. The SMILES string of the molecule is CCC(CC)(OC(C)=O)C12CC3CC4(CC4C1)C3C2. The van der Waals surface area contributed by atoms with Gasteiger partial charge in [-0.3, -0.25) is 4.79 Å². The van der Waals surface area contributed by atoms with Gasteiger partial charge in [0.2, 0.25) is 0 Å². The molecule has 4 saturated carbocycles. The average Bonchev–Trinajstić information content (AvgIpc) is 3.03. The third kappa shape index (κ3) is 1.22. The Morgan fingerprint density at radius 1 is 1.16 bits per heavy atom. The fourth-order valence-corrected chi connectivity index (χ4v) is 6.78. The highest BCUT2D eigenvalue weighted by Crippen LogP contribution is 2.85. The van der Waals surface area contributed by atoms with E-state index in [1.807, 2.05) is 0 Å². The summed E-state index contributed by atoms with van der Waals surface area (Å²) in [6.07, 6.45) is 8.99. The predicted molar refractivity (Wildman–Crippen MR) is 73.5 cm³/mol. The lowest BCUT2D eigenvalue weighted by molar-refractivity contribution is -0.181. The molecule has 1 spiro atoms. The van der Waals surface area contributed by atoms with E-state index in [1.165, 1.54) is 32.1 Å². The first-order valence-corrected chi connectivity index (χ1v) is 8.20. The summed E-state index contributed by atoms with van der Waals surface area (Å²) in [5, 5.41) is 0. The first-order valence-electron chi connectivity index (χ1n) is 8.20. The quantitative estimate of drug-likeness (QED) is 0.717. The molecule has 2 heteroatoms. The highest BCUT2D eigenvalue weighted by Gasteiger charge is 2.79. The maximum Gasteiger partial charge on any atom is 0.303 e. The topological polar surface area (TPSA) is 26.3 Å². The molecule has 106 valence electrons. The number of rotatable bonds is 4. The van der Waals surface area contributed by atoms with Crippen LogP contribution < -0.4 is 0 Å². The van der Waals surface area contributed by atoms with Crippen molar-refractivity contribution < 1.29 is 9.53 Å². The van der Waals surface area contributed by atoms with Gasteiger partial charge in [0.15, 0.2) is 0 Å². The van der Waals surface area contributed by atoms with Crippen LogP contribution in [-0.2, 0) is 9.53 Å². The Labute approximate surface area is 116 Å². The van der Waals surface area contributed by atoms with Crippen molar-refractivity contribution in [1.82, 2.24) is 0 Å². The Kier molecular flexibility index (Phi) is 2.17. The second-order valence-corrected chi connectivity index (χ2v) is 7.89. The van der Waals surface area contributed by atoms with Crippen molar-refractivity contribution in [3.63, 3.8) is 0 Å². The van der Waals surface area contributed by atoms with Gasteiger partial charge in [-0.1, -0.05) is 13.8 Å². The first-order chi connectivity index (χ1) is 9.01. The van der Waals surface area contributed by atoms with Crippen LogP contribution in [-0.4, -0.2) is 11.6 Å². The number of hydrogen-bond donors (Lipinski definition) is 0. The number of carbonyl (C=O) groups excluding carboxylic acids is 1. The molecule has 0 aromatic carbocycles. The van der Waals surface area contributed by atoms with E-state index in [4.69, 9.17) is 4.74 Å². The van der Waals surface area contributed by atoms with Crippen molar-refractivity contribution in [2.75, 3.05) is 0 Å². The fourth-order valence-electron chi connectivity index (χ4n) is 6.78. The van der Waals surface area contributed by atoms with Crippen molar-refractivity contribution in [2.45, 2.75) is 71.3 Å². The van der Waals surface area contributed by atoms with Gasteiger partial charge in [-0.25, -0.2) is 0 Å². The molecule has 4 aliphatic rings. The van der Waals surface area contributed by atoms with Crippen LogP contribution in [0, 0.1) is 28.6 Å². The second-order valence-electron chi connectivity index (χ2n) is 7.89. The van der Waals surface area contributed by atoms with E-state index in [9.17, 15) is 4.79 Å². The molecule has 0 aromatic rings. The molecule has 2 bridgehead atoms. The molecule has 2 nitrogen and oxygen atoms in total. The number of fused-ring (bicyclic) bond motifs is 1. The van der Waals surface area contributed by atoms with E-state index in [-0.39, 0.29) is 11.6 Å². The van der Waals surface area contributed by atoms with Crippen LogP contribution in [0.3, 0.4) is 0 Å². The minimum Gasteiger partial charge on any atom is -0.459 e.